The number of ether oxygens (including phenoxy) is 2. The topological polar surface area (TPSA) is 166 Å². The molecule has 0 aromatic carbocycles. The monoisotopic (exact) mass is 688 g/mol. The average Bonchev–Trinajstić information content (AvgIpc) is 3.07. The highest BCUT2D eigenvalue weighted by atomic mass is 16.7. The molecule has 284 valence electrons. The van der Waals surface area contributed by atoms with Gasteiger partial charge < -0.3 is 40.3 Å². The van der Waals surface area contributed by atoms with E-state index < -0.39 is 48.8 Å². The van der Waals surface area contributed by atoms with Crippen molar-refractivity contribution < 1.29 is 44.6 Å². The minimum Gasteiger partial charge on any atom is -0.479 e. The molecule has 0 aromatic heterocycles. The van der Waals surface area contributed by atoms with E-state index in [0.29, 0.717) is 12.8 Å². The standard InChI is InChI=1S/C38H73NO9/c1-3-5-7-9-11-13-15-16-18-19-21-23-25-27-31(40)30(29-47-38-35(44)33(42)34(43)36(48-38)37(45)46)39-32(41)28-26-24-22-20-17-14-12-10-8-6-4-2/h30-31,33-36,38,40,42-44H,3-29H2,1-2H3,(H,39,41)(H,45,46)/t30-,31+,33?,34?,35?,36?,38?/m0/s1. The average molecular weight is 688 g/mol. The Morgan fingerprint density at radius 1 is 0.625 bits per heavy atom. The Morgan fingerprint density at radius 3 is 1.48 bits per heavy atom. The van der Waals surface area contributed by atoms with Crippen molar-refractivity contribution in [3.8, 4) is 0 Å². The van der Waals surface area contributed by atoms with E-state index in [1.54, 1.807) is 0 Å². The Morgan fingerprint density at radius 2 is 1.04 bits per heavy atom. The van der Waals surface area contributed by atoms with Crippen molar-refractivity contribution in [1.29, 1.82) is 0 Å². The summed E-state index contributed by atoms with van der Waals surface area (Å²) in [5.41, 5.74) is 0. The van der Waals surface area contributed by atoms with Gasteiger partial charge in [-0.15, -0.1) is 0 Å². The van der Waals surface area contributed by atoms with Crippen LogP contribution in [-0.2, 0) is 19.1 Å². The lowest BCUT2D eigenvalue weighted by Crippen LogP contribution is -2.61. The summed E-state index contributed by atoms with van der Waals surface area (Å²) in [7, 11) is 0. The van der Waals surface area contributed by atoms with E-state index in [1.165, 1.54) is 116 Å². The summed E-state index contributed by atoms with van der Waals surface area (Å²) < 4.78 is 10.9. The predicted molar refractivity (Wildman–Crippen MR) is 190 cm³/mol. The number of amides is 1. The third kappa shape index (κ3) is 21.0. The number of hydrogen-bond acceptors (Lipinski definition) is 8. The van der Waals surface area contributed by atoms with Crippen LogP contribution in [-0.4, -0.2) is 86.9 Å². The van der Waals surface area contributed by atoms with E-state index in [2.05, 4.69) is 19.2 Å². The van der Waals surface area contributed by atoms with Gasteiger partial charge in [0.15, 0.2) is 12.4 Å². The van der Waals surface area contributed by atoms with Crippen LogP contribution in [0, 0.1) is 0 Å². The van der Waals surface area contributed by atoms with Gasteiger partial charge in [-0.3, -0.25) is 4.79 Å². The Hall–Kier alpha value is -1.30. The number of unbranched alkanes of at least 4 members (excludes halogenated alkanes) is 22. The molecule has 1 aliphatic heterocycles. The lowest BCUT2D eigenvalue weighted by Gasteiger charge is -2.39. The van der Waals surface area contributed by atoms with Gasteiger partial charge in [0.25, 0.3) is 0 Å². The molecule has 0 radical (unpaired) electrons. The van der Waals surface area contributed by atoms with E-state index in [9.17, 15) is 35.1 Å². The molecule has 10 heteroatoms. The van der Waals surface area contributed by atoms with Crippen LogP contribution >= 0.6 is 0 Å². The first kappa shape index (κ1) is 44.7. The van der Waals surface area contributed by atoms with E-state index in [1.807, 2.05) is 0 Å². The highest BCUT2D eigenvalue weighted by Gasteiger charge is 2.47. The number of hydrogen-bond donors (Lipinski definition) is 6. The normalized spacial score (nSPS) is 22.4. The van der Waals surface area contributed by atoms with Crippen LogP contribution in [0.2, 0.25) is 0 Å². The molecule has 1 heterocycles. The van der Waals surface area contributed by atoms with Gasteiger partial charge in [-0.1, -0.05) is 162 Å². The molecule has 0 spiro atoms. The maximum absolute atomic E-state index is 12.8. The number of aliphatic hydroxyl groups excluding tert-OH is 4. The third-order valence-electron chi connectivity index (χ3n) is 9.67. The maximum Gasteiger partial charge on any atom is 0.335 e. The fourth-order valence-corrected chi connectivity index (χ4v) is 6.44. The zero-order valence-corrected chi connectivity index (χ0v) is 30.5. The number of rotatable bonds is 32. The molecule has 0 saturated carbocycles. The second-order valence-corrected chi connectivity index (χ2v) is 14.1. The number of carbonyl (C=O) groups excluding carboxylic acids is 1. The zero-order chi connectivity index (χ0) is 35.4. The van der Waals surface area contributed by atoms with Gasteiger partial charge in [0.1, 0.15) is 18.3 Å². The SMILES string of the molecule is CCCCCCCCCCCCCCC[C@@H](O)[C@H](COC1OC(C(=O)O)C(O)C(O)C1O)NC(=O)CCCCCCCCCCCCC. The smallest absolute Gasteiger partial charge is 0.335 e. The number of aliphatic carboxylic acids is 1. The molecule has 0 aliphatic carbocycles. The molecular formula is C38H73NO9. The number of nitrogens with one attached hydrogen (secondary N) is 1. The van der Waals surface area contributed by atoms with E-state index in [0.717, 1.165) is 38.5 Å². The summed E-state index contributed by atoms with van der Waals surface area (Å²) in [4.78, 5) is 24.3. The Balaban J connectivity index is 2.46. The predicted octanol–water partition coefficient (Wildman–Crippen LogP) is 6.92. The fourth-order valence-electron chi connectivity index (χ4n) is 6.44. The highest BCUT2D eigenvalue weighted by molar-refractivity contribution is 5.76. The van der Waals surface area contributed by atoms with Crippen LogP contribution in [0.25, 0.3) is 0 Å². The molecule has 1 fully saturated rings. The van der Waals surface area contributed by atoms with Crippen LogP contribution in [0.5, 0.6) is 0 Å². The van der Waals surface area contributed by atoms with Crippen LogP contribution in [0.1, 0.15) is 181 Å². The minimum atomic E-state index is -1.82. The summed E-state index contributed by atoms with van der Waals surface area (Å²) in [6.45, 7) is 4.22. The maximum atomic E-state index is 12.8. The molecule has 48 heavy (non-hydrogen) atoms. The molecule has 5 unspecified atom stereocenters. The largest absolute Gasteiger partial charge is 0.479 e. The van der Waals surface area contributed by atoms with Crippen molar-refractivity contribution >= 4 is 11.9 Å². The molecule has 0 bridgehead atoms. The summed E-state index contributed by atoms with van der Waals surface area (Å²) in [6, 6.07) is -0.800. The minimum absolute atomic E-state index is 0.201. The van der Waals surface area contributed by atoms with Gasteiger partial charge in [-0.25, -0.2) is 4.79 Å². The molecule has 1 aliphatic rings. The fraction of sp³-hybridized carbons (Fsp3) is 0.947. The number of carbonyl (C=O) groups is 2. The molecule has 1 saturated heterocycles. The van der Waals surface area contributed by atoms with Crippen LogP contribution < -0.4 is 5.32 Å². The molecule has 1 amide bonds. The summed E-state index contributed by atoms with van der Waals surface area (Å²) in [5, 5.41) is 53.7. The molecule has 1 rings (SSSR count). The third-order valence-corrected chi connectivity index (χ3v) is 9.67. The molecular weight excluding hydrogens is 614 g/mol. The van der Waals surface area contributed by atoms with Crippen molar-refractivity contribution in [1.82, 2.24) is 5.32 Å². The van der Waals surface area contributed by atoms with Gasteiger partial charge in [-0.2, -0.15) is 0 Å². The Bertz CT molecular complexity index is 785. The number of aliphatic hydroxyl groups is 4. The molecule has 6 N–H and O–H groups in total. The number of carboxylic acids is 1. The van der Waals surface area contributed by atoms with E-state index in [4.69, 9.17) is 9.47 Å². The highest BCUT2D eigenvalue weighted by Crippen LogP contribution is 2.23. The lowest BCUT2D eigenvalue weighted by molar-refractivity contribution is -0.295. The van der Waals surface area contributed by atoms with Crippen LogP contribution in [0.4, 0.5) is 0 Å². The molecule has 0 aromatic rings. The first-order valence-corrected chi connectivity index (χ1v) is 19.7. The van der Waals surface area contributed by atoms with Crippen LogP contribution in [0.15, 0.2) is 0 Å². The van der Waals surface area contributed by atoms with Crippen molar-refractivity contribution in [3.63, 3.8) is 0 Å². The van der Waals surface area contributed by atoms with Gasteiger partial charge in [0.05, 0.1) is 18.8 Å². The van der Waals surface area contributed by atoms with Crippen molar-refractivity contribution in [2.75, 3.05) is 6.61 Å². The summed E-state index contributed by atoms with van der Waals surface area (Å²) in [6.07, 6.45) is 20.1. The quantitative estimate of drug-likeness (QED) is 0.0412. The van der Waals surface area contributed by atoms with Crippen molar-refractivity contribution in [2.45, 2.75) is 224 Å². The Labute approximate surface area is 291 Å². The first-order chi connectivity index (χ1) is 23.2. The second kappa shape index (κ2) is 29.4. The van der Waals surface area contributed by atoms with Crippen LogP contribution in [0.3, 0.4) is 0 Å². The lowest BCUT2D eigenvalue weighted by atomic mass is 9.99. The summed E-state index contributed by atoms with van der Waals surface area (Å²) in [5.74, 6) is -1.70. The first-order valence-electron chi connectivity index (χ1n) is 19.7. The van der Waals surface area contributed by atoms with Crippen molar-refractivity contribution in [3.05, 3.63) is 0 Å². The zero-order valence-electron chi connectivity index (χ0n) is 30.5. The Kier molecular flexibility index (Phi) is 27.4. The van der Waals surface area contributed by atoms with Gasteiger partial charge >= 0.3 is 5.97 Å². The molecule has 7 atom stereocenters. The van der Waals surface area contributed by atoms with E-state index in [-0.39, 0.29) is 12.5 Å². The van der Waals surface area contributed by atoms with Gasteiger partial charge in [0.2, 0.25) is 5.91 Å². The van der Waals surface area contributed by atoms with Crippen molar-refractivity contribution in [2.24, 2.45) is 0 Å². The van der Waals surface area contributed by atoms with E-state index >= 15 is 0 Å². The summed E-state index contributed by atoms with van der Waals surface area (Å²) >= 11 is 0. The molecule has 10 nitrogen and oxygen atoms in total. The van der Waals surface area contributed by atoms with Gasteiger partial charge in [0, 0.05) is 6.42 Å². The second-order valence-electron chi connectivity index (χ2n) is 14.1. The number of carboxylic acid groups (broad SMARTS) is 1. The van der Waals surface area contributed by atoms with Gasteiger partial charge in [-0.05, 0) is 12.8 Å².